The largest absolute Gasteiger partial charge is 0.455 e. The molecule has 0 aromatic heterocycles. The number of carbonyl (C=O) groups excluding carboxylic acids is 1. The van der Waals surface area contributed by atoms with Crippen molar-refractivity contribution < 1.29 is 13.9 Å². The molecule has 5 heteroatoms. The van der Waals surface area contributed by atoms with Gasteiger partial charge >= 0.3 is 6.03 Å². The Morgan fingerprint density at radius 3 is 2.38 bits per heavy atom. The zero-order chi connectivity index (χ0) is 18.2. The number of hydrogen-bond acceptors (Lipinski definition) is 2. The number of carbonyl (C=O) groups is 1. The second kappa shape index (κ2) is 8.67. The lowest BCUT2D eigenvalue weighted by Gasteiger charge is -2.13. The van der Waals surface area contributed by atoms with Gasteiger partial charge in [-0.15, -0.1) is 0 Å². The topological polar surface area (TPSA) is 50.4 Å². The molecule has 0 spiro atoms. The van der Waals surface area contributed by atoms with Crippen LogP contribution in [0.15, 0.2) is 78.9 Å². The Morgan fingerprint density at radius 1 is 0.885 bits per heavy atom. The van der Waals surface area contributed by atoms with Crippen molar-refractivity contribution in [2.75, 3.05) is 11.9 Å². The molecule has 0 bridgehead atoms. The van der Waals surface area contributed by atoms with Crippen LogP contribution in [0, 0.1) is 5.82 Å². The number of nitrogens with one attached hydrogen (secondary N) is 2. The van der Waals surface area contributed by atoms with Gasteiger partial charge in [-0.3, -0.25) is 0 Å². The summed E-state index contributed by atoms with van der Waals surface area (Å²) in [7, 11) is 0. The van der Waals surface area contributed by atoms with E-state index in [2.05, 4.69) is 10.6 Å². The van der Waals surface area contributed by atoms with E-state index in [1.807, 2.05) is 42.5 Å². The molecular formula is C21H19FN2O2. The predicted molar refractivity (Wildman–Crippen MR) is 100 cm³/mol. The first-order valence-corrected chi connectivity index (χ1v) is 8.32. The first-order valence-electron chi connectivity index (χ1n) is 8.32. The van der Waals surface area contributed by atoms with Crippen LogP contribution in [0.3, 0.4) is 0 Å². The molecule has 2 N–H and O–H groups in total. The van der Waals surface area contributed by atoms with Gasteiger partial charge in [-0.25, -0.2) is 9.18 Å². The number of para-hydroxylation sites is 3. The first-order chi connectivity index (χ1) is 12.7. The lowest BCUT2D eigenvalue weighted by molar-refractivity contribution is 0.252. The maximum Gasteiger partial charge on any atom is 0.319 e. The molecule has 0 aliphatic heterocycles. The highest BCUT2D eigenvalue weighted by Crippen LogP contribution is 2.28. The normalized spacial score (nSPS) is 10.2. The highest BCUT2D eigenvalue weighted by Gasteiger charge is 2.08. The lowest BCUT2D eigenvalue weighted by atomic mass is 10.1. The molecule has 0 atom stereocenters. The number of amides is 2. The van der Waals surface area contributed by atoms with Crippen molar-refractivity contribution in [3.05, 3.63) is 90.2 Å². The van der Waals surface area contributed by atoms with Crippen LogP contribution in [0.1, 0.15) is 5.56 Å². The fourth-order valence-corrected chi connectivity index (χ4v) is 2.45. The third-order valence-electron chi connectivity index (χ3n) is 3.74. The van der Waals surface area contributed by atoms with Crippen molar-refractivity contribution in [2.45, 2.75) is 6.42 Å². The van der Waals surface area contributed by atoms with Gasteiger partial charge in [-0.2, -0.15) is 0 Å². The Hall–Kier alpha value is -3.34. The molecule has 0 aliphatic carbocycles. The highest BCUT2D eigenvalue weighted by molar-refractivity contribution is 5.90. The fraction of sp³-hybridized carbons (Fsp3) is 0.0952. The molecule has 0 saturated carbocycles. The van der Waals surface area contributed by atoms with Crippen LogP contribution in [0.25, 0.3) is 0 Å². The van der Waals surface area contributed by atoms with E-state index < -0.39 is 0 Å². The third kappa shape index (κ3) is 4.83. The monoisotopic (exact) mass is 350 g/mol. The molecule has 4 nitrogen and oxygen atoms in total. The van der Waals surface area contributed by atoms with Gasteiger partial charge in [0.15, 0.2) is 5.75 Å². The van der Waals surface area contributed by atoms with Crippen molar-refractivity contribution >= 4 is 11.7 Å². The van der Waals surface area contributed by atoms with Crippen LogP contribution in [0.4, 0.5) is 14.9 Å². The van der Waals surface area contributed by atoms with E-state index >= 15 is 0 Å². The smallest absolute Gasteiger partial charge is 0.319 e. The molecule has 0 aliphatic rings. The molecule has 3 aromatic carbocycles. The summed E-state index contributed by atoms with van der Waals surface area (Å²) in [6.07, 6.45) is 0.419. The third-order valence-corrected chi connectivity index (χ3v) is 3.74. The Kier molecular flexibility index (Phi) is 5.83. The molecule has 0 unspecified atom stereocenters. The number of ether oxygens (including phenoxy) is 1. The molecule has 2 amide bonds. The number of benzene rings is 3. The molecule has 0 saturated heterocycles. The number of halogens is 1. The van der Waals surface area contributed by atoms with Gasteiger partial charge in [-0.05, 0) is 42.3 Å². The van der Waals surface area contributed by atoms with Gasteiger partial charge in [0.25, 0.3) is 0 Å². The Bertz CT molecular complexity index is 869. The first kappa shape index (κ1) is 17.5. The molecular weight excluding hydrogens is 331 g/mol. The number of hydrogen-bond donors (Lipinski definition) is 2. The van der Waals surface area contributed by atoms with Crippen LogP contribution in [-0.4, -0.2) is 12.6 Å². The molecule has 132 valence electrons. The summed E-state index contributed by atoms with van der Waals surface area (Å²) in [6, 6.07) is 22.7. The summed E-state index contributed by atoms with van der Waals surface area (Å²) in [6.45, 7) is 0.328. The Morgan fingerprint density at radius 2 is 1.58 bits per heavy atom. The second-order valence-corrected chi connectivity index (χ2v) is 5.63. The molecule has 0 heterocycles. The number of urea groups is 1. The van der Waals surface area contributed by atoms with Crippen LogP contribution < -0.4 is 15.4 Å². The minimum absolute atomic E-state index is 0.267. The summed E-state index contributed by atoms with van der Waals surface area (Å²) in [5.74, 6) is 0.959. The van der Waals surface area contributed by atoms with E-state index in [0.717, 1.165) is 0 Å². The van der Waals surface area contributed by atoms with Gasteiger partial charge in [0.1, 0.15) is 11.6 Å². The van der Waals surface area contributed by atoms with E-state index in [4.69, 9.17) is 4.74 Å². The predicted octanol–water partition coefficient (Wildman–Crippen LogP) is 4.98. The van der Waals surface area contributed by atoms with Crippen molar-refractivity contribution in [1.82, 2.24) is 5.32 Å². The minimum Gasteiger partial charge on any atom is -0.455 e. The van der Waals surface area contributed by atoms with E-state index in [-0.39, 0.29) is 11.8 Å². The average Bonchev–Trinajstić information content (AvgIpc) is 2.66. The van der Waals surface area contributed by atoms with E-state index in [1.54, 1.807) is 30.3 Å². The highest BCUT2D eigenvalue weighted by atomic mass is 19.1. The van der Waals surface area contributed by atoms with Gasteiger partial charge in [0.2, 0.25) is 0 Å². The number of rotatable bonds is 6. The molecule has 3 rings (SSSR count). The summed E-state index contributed by atoms with van der Waals surface area (Å²) >= 11 is 0. The summed E-state index contributed by atoms with van der Waals surface area (Å²) < 4.78 is 19.4. The summed E-state index contributed by atoms with van der Waals surface area (Å²) in [5, 5.41) is 5.49. The Labute approximate surface area is 151 Å². The maximum absolute atomic E-state index is 13.6. The zero-order valence-electron chi connectivity index (χ0n) is 14.1. The van der Waals surface area contributed by atoms with Gasteiger partial charge in [0, 0.05) is 6.54 Å². The van der Waals surface area contributed by atoms with Crippen LogP contribution in [0.2, 0.25) is 0 Å². The van der Waals surface area contributed by atoms with E-state index in [0.29, 0.717) is 35.7 Å². The average molecular weight is 350 g/mol. The molecule has 3 aromatic rings. The van der Waals surface area contributed by atoms with Gasteiger partial charge < -0.3 is 15.4 Å². The SMILES string of the molecule is O=C(NCCc1ccccc1F)Nc1ccccc1Oc1ccccc1. The van der Waals surface area contributed by atoms with E-state index in [1.165, 1.54) is 6.07 Å². The summed E-state index contributed by atoms with van der Waals surface area (Å²) in [4.78, 5) is 12.1. The Balaban J connectivity index is 1.57. The number of anilines is 1. The minimum atomic E-state index is -0.370. The molecule has 0 fully saturated rings. The second-order valence-electron chi connectivity index (χ2n) is 5.63. The van der Waals surface area contributed by atoms with Crippen molar-refractivity contribution in [1.29, 1.82) is 0 Å². The van der Waals surface area contributed by atoms with E-state index in [9.17, 15) is 9.18 Å². The lowest BCUT2D eigenvalue weighted by Crippen LogP contribution is -2.30. The zero-order valence-corrected chi connectivity index (χ0v) is 14.1. The van der Waals surface area contributed by atoms with Crippen LogP contribution >= 0.6 is 0 Å². The standard InChI is InChI=1S/C21H19FN2O2/c22-18-11-5-4-8-16(18)14-15-23-21(25)24-19-12-6-7-13-20(19)26-17-9-2-1-3-10-17/h1-13H,14-15H2,(H2,23,24,25). The van der Waals surface area contributed by atoms with Crippen LogP contribution in [-0.2, 0) is 6.42 Å². The van der Waals surface area contributed by atoms with Gasteiger partial charge in [0.05, 0.1) is 5.69 Å². The van der Waals surface area contributed by atoms with Crippen molar-refractivity contribution in [3.8, 4) is 11.5 Å². The molecule has 0 radical (unpaired) electrons. The van der Waals surface area contributed by atoms with Crippen LogP contribution in [0.5, 0.6) is 11.5 Å². The molecule has 26 heavy (non-hydrogen) atoms. The van der Waals surface area contributed by atoms with Crippen molar-refractivity contribution in [2.24, 2.45) is 0 Å². The maximum atomic E-state index is 13.6. The quantitative estimate of drug-likeness (QED) is 0.658. The van der Waals surface area contributed by atoms with Crippen molar-refractivity contribution in [3.63, 3.8) is 0 Å². The van der Waals surface area contributed by atoms with Gasteiger partial charge in [-0.1, -0.05) is 48.5 Å². The summed E-state index contributed by atoms with van der Waals surface area (Å²) in [5.41, 5.74) is 1.13. The fourth-order valence-electron chi connectivity index (χ4n) is 2.45.